The van der Waals surface area contributed by atoms with Crippen molar-refractivity contribution in [3.63, 3.8) is 0 Å². The minimum absolute atomic E-state index is 0.421. The normalized spacial score (nSPS) is 14.8. The fraction of sp³-hybridized carbons (Fsp3) is 0.867. The summed E-state index contributed by atoms with van der Waals surface area (Å²) in [7, 11) is 0. The molecular weight excluding hydrogens is 244 g/mol. The van der Waals surface area contributed by atoms with Crippen molar-refractivity contribution < 1.29 is 19.4 Å². The van der Waals surface area contributed by atoms with Crippen molar-refractivity contribution >= 4 is 11.9 Å². The molecule has 2 unspecified atom stereocenters. The molecule has 0 radical (unpaired) electrons. The number of hydrogen-bond acceptors (Lipinski definition) is 3. The van der Waals surface area contributed by atoms with Gasteiger partial charge < -0.3 is 9.84 Å². The summed E-state index contributed by atoms with van der Waals surface area (Å²) >= 11 is 0. The van der Waals surface area contributed by atoms with E-state index in [2.05, 4.69) is 6.92 Å². The molecule has 2 atom stereocenters. The minimum Gasteiger partial charge on any atom is -0.481 e. The van der Waals surface area contributed by atoms with Gasteiger partial charge in [0, 0.05) is 0 Å². The summed E-state index contributed by atoms with van der Waals surface area (Å²) in [6.45, 7) is 9.11. The number of carboxylic acids is 1. The Bertz CT molecular complexity index is 291. The topological polar surface area (TPSA) is 63.6 Å². The number of esters is 1. The number of carboxylic acid groups (broad SMARTS) is 1. The van der Waals surface area contributed by atoms with Crippen molar-refractivity contribution in [3.05, 3.63) is 0 Å². The molecule has 0 fully saturated rings. The van der Waals surface area contributed by atoms with Crippen LogP contribution >= 0.6 is 0 Å². The Labute approximate surface area is 116 Å². The number of aliphatic carboxylic acids is 1. The molecule has 0 aromatic carbocycles. The zero-order valence-electron chi connectivity index (χ0n) is 12.9. The average molecular weight is 272 g/mol. The van der Waals surface area contributed by atoms with Gasteiger partial charge in [0.15, 0.2) is 0 Å². The Morgan fingerprint density at radius 3 is 2.16 bits per heavy atom. The zero-order chi connectivity index (χ0) is 15.1. The number of unbranched alkanes of at least 4 members (excludes halogenated alkanes) is 3. The van der Waals surface area contributed by atoms with Crippen molar-refractivity contribution in [1.29, 1.82) is 0 Å². The quantitative estimate of drug-likeness (QED) is 0.541. The van der Waals surface area contributed by atoms with E-state index < -0.39 is 29.4 Å². The van der Waals surface area contributed by atoms with E-state index in [0.717, 1.165) is 25.7 Å². The van der Waals surface area contributed by atoms with Crippen LogP contribution in [-0.4, -0.2) is 22.6 Å². The number of carbonyl (C=O) groups excluding carboxylic acids is 1. The van der Waals surface area contributed by atoms with Gasteiger partial charge in [0.2, 0.25) is 0 Å². The predicted octanol–water partition coefficient (Wildman–Crippen LogP) is 3.64. The molecule has 0 aliphatic heterocycles. The number of rotatable bonds is 8. The molecule has 0 aromatic heterocycles. The fourth-order valence-electron chi connectivity index (χ4n) is 1.94. The van der Waals surface area contributed by atoms with E-state index in [1.807, 2.05) is 0 Å². The van der Waals surface area contributed by atoms with Crippen LogP contribution in [0, 0.1) is 11.8 Å². The van der Waals surface area contributed by atoms with Crippen LogP contribution in [0.25, 0.3) is 0 Å². The molecule has 0 spiro atoms. The molecule has 0 amide bonds. The summed E-state index contributed by atoms with van der Waals surface area (Å²) < 4.78 is 5.26. The highest BCUT2D eigenvalue weighted by molar-refractivity contribution is 5.80. The zero-order valence-corrected chi connectivity index (χ0v) is 12.9. The van der Waals surface area contributed by atoms with Gasteiger partial charge in [-0.3, -0.25) is 9.59 Å². The molecule has 0 aromatic rings. The van der Waals surface area contributed by atoms with Crippen LogP contribution in [0.5, 0.6) is 0 Å². The van der Waals surface area contributed by atoms with Gasteiger partial charge in [0.05, 0.1) is 11.8 Å². The fourth-order valence-corrected chi connectivity index (χ4v) is 1.94. The number of ether oxygens (including phenoxy) is 1. The molecule has 4 nitrogen and oxygen atoms in total. The van der Waals surface area contributed by atoms with E-state index in [4.69, 9.17) is 4.74 Å². The van der Waals surface area contributed by atoms with Crippen molar-refractivity contribution in [2.45, 2.75) is 72.3 Å². The average Bonchev–Trinajstić information content (AvgIpc) is 2.25. The van der Waals surface area contributed by atoms with Gasteiger partial charge in [0.25, 0.3) is 0 Å². The largest absolute Gasteiger partial charge is 0.481 e. The lowest BCUT2D eigenvalue weighted by Crippen LogP contribution is -2.34. The Balaban J connectivity index is 4.44. The first-order chi connectivity index (χ1) is 8.69. The highest BCUT2D eigenvalue weighted by Gasteiger charge is 2.32. The Morgan fingerprint density at radius 1 is 1.16 bits per heavy atom. The maximum absolute atomic E-state index is 11.9. The van der Waals surface area contributed by atoms with E-state index in [0.29, 0.717) is 6.42 Å². The highest BCUT2D eigenvalue weighted by atomic mass is 16.6. The molecule has 112 valence electrons. The number of carbonyl (C=O) groups is 2. The maximum atomic E-state index is 11.9. The first kappa shape index (κ1) is 17.9. The molecule has 0 saturated heterocycles. The Morgan fingerprint density at radius 2 is 1.74 bits per heavy atom. The SMILES string of the molecule is CCCCCCC(C(=O)O)C(C)C(=O)OC(C)(C)C. The van der Waals surface area contributed by atoms with Gasteiger partial charge in [0.1, 0.15) is 5.60 Å². The monoisotopic (exact) mass is 272 g/mol. The second kappa shape index (κ2) is 8.18. The molecule has 0 aliphatic carbocycles. The van der Waals surface area contributed by atoms with Crippen LogP contribution < -0.4 is 0 Å². The molecular formula is C15H28O4. The first-order valence-corrected chi connectivity index (χ1v) is 7.14. The van der Waals surface area contributed by atoms with E-state index in [9.17, 15) is 14.7 Å². The summed E-state index contributed by atoms with van der Waals surface area (Å²) in [5.74, 6) is -2.57. The van der Waals surface area contributed by atoms with Crippen LogP contribution in [-0.2, 0) is 14.3 Å². The maximum Gasteiger partial charge on any atom is 0.310 e. The standard InChI is InChI=1S/C15H28O4/c1-6-7-8-9-10-12(13(16)17)11(2)14(18)19-15(3,4)5/h11-12H,6-10H2,1-5H3,(H,16,17). The summed E-state index contributed by atoms with van der Waals surface area (Å²) in [5.41, 5.74) is -0.573. The first-order valence-electron chi connectivity index (χ1n) is 7.14. The van der Waals surface area contributed by atoms with E-state index in [1.165, 1.54) is 0 Å². The summed E-state index contributed by atoms with van der Waals surface area (Å²) in [5, 5.41) is 9.24. The smallest absolute Gasteiger partial charge is 0.310 e. The van der Waals surface area contributed by atoms with Crippen LogP contribution in [0.1, 0.15) is 66.7 Å². The third-order valence-corrected chi connectivity index (χ3v) is 3.07. The highest BCUT2D eigenvalue weighted by Crippen LogP contribution is 2.23. The van der Waals surface area contributed by atoms with Gasteiger partial charge in [-0.15, -0.1) is 0 Å². The van der Waals surface area contributed by atoms with Gasteiger partial charge in [-0.1, -0.05) is 39.5 Å². The lowest BCUT2D eigenvalue weighted by atomic mass is 9.88. The summed E-state index contributed by atoms with van der Waals surface area (Å²) in [4.78, 5) is 23.2. The molecule has 0 rings (SSSR count). The molecule has 1 N–H and O–H groups in total. The predicted molar refractivity (Wildman–Crippen MR) is 74.9 cm³/mol. The third kappa shape index (κ3) is 7.85. The molecule has 19 heavy (non-hydrogen) atoms. The third-order valence-electron chi connectivity index (χ3n) is 3.07. The van der Waals surface area contributed by atoms with E-state index >= 15 is 0 Å². The van der Waals surface area contributed by atoms with Gasteiger partial charge in [-0.05, 0) is 27.2 Å². The summed E-state index contributed by atoms with van der Waals surface area (Å²) in [6.07, 6.45) is 4.61. The molecule has 0 saturated carbocycles. The number of hydrogen-bond donors (Lipinski definition) is 1. The lowest BCUT2D eigenvalue weighted by Gasteiger charge is -2.25. The van der Waals surface area contributed by atoms with Crippen LogP contribution in [0.2, 0.25) is 0 Å². The van der Waals surface area contributed by atoms with Gasteiger partial charge >= 0.3 is 11.9 Å². The van der Waals surface area contributed by atoms with Crippen molar-refractivity contribution in [3.8, 4) is 0 Å². The second-order valence-electron chi connectivity index (χ2n) is 6.12. The second-order valence-corrected chi connectivity index (χ2v) is 6.12. The molecule has 0 aliphatic rings. The van der Waals surface area contributed by atoms with Crippen molar-refractivity contribution in [2.24, 2.45) is 11.8 Å². The Hall–Kier alpha value is -1.06. The minimum atomic E-state index is -0.908. The van der Waals surface area contributed by atoms with Crippen LogP contribution in [0.4, 0.5) is 0 Å². The molecule has 0 bridgehead atoms. The van der Waals surface area contributed by atoms with Gasteiger partial charge in [-0.2, -0.15) is 0 Å². The molecule has 4 heteroatoms. The van der Waals surface area contributed by atoms with Crippen LogP contribution in [0.15, 0.2) is 0 Å². The van der Waals surface area contributed by atoms with Crippen molar-refractivity contribution in [1.82, 2.24) is 0 Å². The Kier molecular flexibility index (Phi) is 7.72. The molecule has 0 heterocycles. The van der Waals surface area contributed by atoms with E-state index in [1.54, 1.807) is 27.7 Å². The van der Waals surface area contributed by atoms with Crippen LogP contribution in [0.3, 0.4) is 0 Å². The van der Waals surface area contributed by atoms with Crippen molar-refractivity contribution in [2.75, 3.05) is 0 Å². The lowest BCUT2D eigenvalue weighted by molar-refractivity contribution is -0.166. The van der Waals surface area contributed by atoms with Gasteiger partial charge in [-0.25, -0.2) is 0 Å². The van der Waals surface area contributed by atoms with E-state index in [-0.39, 0.29) is 0 Å². The summed E-state index contributed by atoms with van der Waals surface area (Å²) in [6, 6.07) is 0.